The second-order valence-electron chi connectivity index (χ2n) is 4.94. The van der Waals surface area contributed by atoms with Gasteiger partial charge in [0, 0.05) is 13.2 Å². The summed E-state index contributed by atoms with van der Waals surface area (Å²) in [6.45, 7) is 3.94. The van der Waals surface area contributed by atoms with Gasteiger partial charge in [-0.3, -0.25) is 4.79 Å². The van der Waals surface area contributed by atoms with Crippen LogP contribution >= 0.6 is 0 Å². The van der Waals surface area contributed by atoms with Gasteiger partial charge < -0.3 is 18.9 Å². The Kier molecular flexibility index (Phi) is 3.99. The molecular weight excluding hydrogens is 260 g/mol. The molecule has 0 N–H and O–H groups in total. The summed E-state index contributed by atoms with van der Waals surface area (Å²) in [5.74, 6) is 1.44. The lowest BCUT2D eigenvalue weighted by Gasteiger charge is -2.29. The van der Waals surface area contributed by atoms with Crippen molar-refractivity contribution in [3.05, 3.63) is 23.3 Å². The number of carbonyl (C=O) groups is 1. The van der Waals surface area contributed by atoms with Crippen LogP contribution in [0.2, 0.25) is 0 Å². The first kappa shape index (κ1) is 14.4. The molecule has 0 radical (unpaired) electrons. The van der Waals surface area contributed by atoms with Crippen LogP contribution in [0.25, 0.3) is 6.08 Å². The number of carbonyl (C=O) groups excluding carboxylic acids is 1. The summed E-state index contributed by atoms with van der Waals surface area (Å²) < 4.78 is 21.5. The fraction of sp³-hybridized carbons (Fsp3) is 0.400. The summed E-state index contributed by atoms with van der Waals surface area (Å²) in [6, 6.07) is 1.69. The zero-order valence-electron chi connectivity index (χ0n) is 12.1. The number of ether oxygens (including phenoxy) is 4. The molecule has 0 fully saturated rings. The highest BCUT2D eigenvalue weighted by atomic mass is 16.7. The summed E-state index contributed by atoms with van der Waals surface area (Å²) in [7, 11) is 3.02. The molecule has 0 aromatic heterocycles. The van der Waals surface area contributed by atoms with Crippen molar-refractivity contribution in [1.29, 1.82) is 0 Å². The summed E-state index contributed by atoms with van der Waals surface area (Å²) in [6.07, 6.45) is 4.52. The van der Waals surface area contributed by atoms with Crippen LogP contribution in [0.5, 0.6) is 17.2 Å². The highest BCUT2D eigenvalue weighted by molar-refractivity contribution is 5.88. The van der Waals surface area contributed by atoms with E-state index in [0.717, 1.165) is 5.56 Å². The summed E-state index contributed by atoms with van der Waals surface area (Å²) >= 11 is 0. The molecule has 108 valence electrons. The first-order chi connectivity index (χ1) is 9.52. The zero-order chi connectivity index (χ0) is 14.8. The largest absolute Gasteiger partial charge is 0.495 e. The predicted molar refractivity (Wildman–Crippen MR) is 74.6 cm³/mol. The fourth-order valence-corrected chi connectivity index (χ4v) is 2.06. The molecule has 0 unspecified atom stereocenters. The molecule has 1 aliphatic rings. The minimum Gasteiger partial charge on any atom is -0.495 e. The third-order valence-corrected chi connectivity index (χ3v) is 2.96. The average Bonchev–Trinajstić information content (AvgIpc) is 2.42. The Morgan fingerprint density at radius 3 is 2.70 bits per heavy atom. The van der Waals surface area contributed by atoms with Gasteiger partial charge in [-0.2, -0.15) is 0 Å². The Morgan fingerprint density at radius 1 is 1.35 bits per heavy atom. The van der Waals surface area contributed by atoms with Gasteiger partial charge >= 0.3 is 0 Å². The molecule has 20 heavy (non-hydrogen) atoms. The second-order valence-corrected chi connectivity index (χ2v) is 4.94. The maximum atomic E-state index is 11.3. The molecular formula is C15H18O5. The number of hydrogen-bond acceptors (Lipinski definition) is 5. The molecule has 5 heteroatoms. The Hall–Kier alpha value is -2.01. The summed E-state index contributed by atoms with van der Waals surface area (Å²) in [5, 5.41) is 0. The van der Waals surface area contributed by atoms with Crippen molar-refractivity contribution < 1.29 is 23.7 Å². The summed E-state index contributed by atoms with van der Waals surface area (Å²) in [5.41, 5.74) is 0.661. The van der Waals surface area contributed by atoms with Crippen LogP contribution in [0.4, 0.5) is 0 Å². The van der Waals surface area contributed by atoms with Crippen LogP contribution < -0.4 is 14.2 Å². The standard InChI is InChI=1S/C15H18O5/c1-15(2)6-5-10-13(20-15)7-12(19-9-17-3)11(8-16)14(10)18-4/h5-8H,9H2,1-4H3. The lowest BCUT2D eigenvalue weighted by Crippen LogP contribution is -2.27. The Balaban J connectivity index is 2.56. The van der Waals surface area contributed by atoms with Crippen molar-refractivity contribution >= 4 is 12.4 Å². The third kappa shape index (κ3) is 2.63. The molecule has 1 aromatic rings. The van der Waals surface area contributed by atoms with Crippen LogP contribution in [0, 0.1) is 0 Å². The van der Waals surface area contributed by atoms with E-state index in [1.807, 2.05) is 26.0 Å². The van der Waals surface area contributed by atoms with Crippen molar-refractivity contribution in [3.8, 4) is 17.2 Å². The van der Waals surface area contributed by atoms with Gasteiger partial charge in [-0.15, -0.1) is 0 Å². The smallest absolute Gasteiger partial charge is 0.188 e. The number of benzene rings is 1. The summed E-state index contributed by atoms with van der Waals surface area (Å²) in [4.78, 5) is 11.3. The van der Waals surface area contributed by atoms with Crippen LogP contribution in [-0.4, -0.2) is 32.9 Å². The van der Waals surface area contributed by atoms with Crippen molar-refractivity contribution in [1.82, 2.24) is 0 Å². The molecule has 0 bridgehead atoms. The van der Waals surface area contributed by atoms with E-state index in [9.17, 15) is 4.79 Å². The quantitative estimate of drug-likeness (QED) is 0.612. The Labute approximate surface area is 118 Å². The van der Waals surface area contributed by atoms with Gasteiger partial charge in [0.2, 0.25) is 0 Å². The number of rotatable bonds is 5. The van der Waals surface area contributed by atoms with E-state index in [1.54, 1.807) is 6.07 Å². The van der Waals surface area contributed by atoms with E-state index in [2.05, 4.69) is 0 Å². The topological polar surface area (TPSA) is 54.0 Å². The molecule has 0 aliphatic carbocycles. The Morgan fingerprint density at radius 2 is 2.10 bits per heavy atom. The molecule has 2 rings (SSSR count). The van der Waals surface area contributed by atoms with E-state index in [0.29, 0.717) is 29.1 Å². The zero-order valence-corrected chi connectivity index (χ0v) is 12.1. The highest BCUT2D eigenvalue weighted by Gasteiger charge is 2.27. The first-order valence-electron chi connectivity index (χ1n) is 6.22. The monoisotopic (exact) mass is 278 g/mol. The lowest BCUT2D eigenvalue weighted by atomic mass is 9.99. The fourth-order valence-electron chi connectivity index (χ4n) is 2.06. The van der Waals surface area contributed by atoms with Gasteiger partial charge in [-0.05, 0) is 26.0 Å². The molecule has 0 saturated heterocycles. The molecule has 1 heterocycles. The van der Waals surface area contributed by atoms with E-state index in [-0.39, 0.29) is 6.79 Å². The lowest BCUT2D eigenvalue weighted by molar-refractivity contribution is 0.0499. The van der Waals surface area contributed by atoms with Gasteiger partial charge in [-0.25, -0.2) is 0 Å². The normalized spacial score (nSPS) is 15.2. The third-order valence-electron chi connectivity index (χ3n) is 2.96. The van der Waals surface area contributed by atoms with E-state index in [4.69, 9.17) is 18.9 Å². The van der Waals surface area contributed by atoms with Gasteiger partial charge in [0.1, 0.15) is 22.8 Å². The molecule has 1 aliphatic heterocycles. The second kappa shape index (κ2) is 5.54. The minimum absolute atomic E-state index is 0.0437. The number of aldehydes is 1. The molecule has 0 atom stereocenters. The first-order valence-corrected chi connectivity index (χ1v) is 6.22. The van der Waals surface area contributed by atoms with Crippen molar-refractivity contribution in [2.45, 2.75) is 19.4 Å². The number of methoxy groups -OCH3 is 2. The minimum atomic E-state index is -0.417. The van der Waals surface area contributed by atoms with Crippen molar-refractivity contribution in [3.63, 3.8) is 0 Å². The predicted octanol–water partition coefficient (Wildman–Crippen LogP) is 2.67. The van der Waals surface area contributed by atoms with E-state index in [1.165, 1.54) is 14.2 Å². The van der Waals surface area contributed by atoms with Gasteiger partial charge in [-0.1, -0.05) is 0 Å². The molecule has 5 nitrogen and oxygen atoms in total. The highest BCUT2D eigenvalue weighted by Crippen LogP contribution is 2.43. The van der Waals surface area contributed by atoms with Crippen LogP contribution in [0.3, 0.4) is 0 Å². The van der Waals surface area contributed by atoms with Gasteiger partial charge in [0.05, 0.1) is 18.2 Å². The van der Waals surface area contributed by atoms with Crippen LogP contribution in [0.15, 0.2) is 12.1 Å². The molecule has 0 spiro atoms. The van der Waals surface area contributed by atoms with Crippen molar-refractivity contribution in [2.24, 2.45) is 0 Å². The molecule has 0 amide bonds. The maximum Gasteiger partial charge on any atom is 0.188 e. The average molecular weight is 278 g/mol. The van der Waals surface area contributed by atoms with E-state index >= 15 is 0 Å². The number of hydrogen-bond donors (Lipinski definition) is 0. The van der Waals surface area contributed by atoms with Crippen LogP contribution in [0.1, 0.15) is 29.8 Å². The molecule has 0 saturated carbocycles. The number of fused-ring (bicyclic) bond motifs is 1. The molecule has 1 aromatic carbocycles. The van der Waals surface area contributed by atoms with Gasteiger partial charge in [0.15, 0.2) is 13.1 Å². The van der Waals surface area contributed by atoms with Crippen LogP contribution in [-0.2, 0) is 4.74 Å². The SMILES string of the molecule is COCOc1cc2c(c(OC)c1C=O)C=CC(C)(C)O2. The van der Waals surface area contributed by atoms with Crippen molar-refractivity contribution in [2.75, 3.05) is 21.0 Å². The Bertz CT molecular complexity index is 546. The maximum absolute atomic E-state index is 11.3. The van der Waals surface area contributed by atoms with E-state index < -0.39 is 5.60 Å². The van der Waals surface area contributed by atoms with Gasteiger partial charge in [0.25, 0.3) is 0 Å².